The van der Waals surface area contributed by atoms with Crippen molar-refractivity contribution in [1.29, 1.82) is 0 Å². The van der Waals surface area contributed by atoms with Crippen LogP contribution in [0.5, 0.6) is 5.75 Å². The molecule has 1 amide bonds. The van der Waals surface area contributed by atoms with Crippen LogP contribution in [0.4, 0.5) is 5.69 Å². The largest absolute Gasteiger partial charge is 0.422 e. The Labute approximate surface area is 224 Å². The summed E-state index contributed by atoms with van der Waals surface area (Å²) in [6.07, 6.45) is 0. The second-order valence-corrected chi connectivity index (χ2v) is 10.5. The number of nitrogens with zero attached hydrogens (tertiary/aromatic N) is 1. The summed E-state index contributed by atoms with van der Waals surface area (Å²) in [5.41, 5.74) is 0.671. The van der Waals surface area contributed by atoms with E-state index in [-0.39, 0.29) is 21.9 Å². The van der Waals surface area contributed by atoms with E-state index >= 15 is 0 Å². The lowest BCUT2D eigenvalue weighted by Gasteiger charge is -2.25. The number of carbonyl (C=O) groups is 2. The van der Waals surface area contributed by atoms with Crippen molar-refractivity contribution in [3.8, 4) is 5.75 Å². The average Bonchev–Trinajstić information content (AvgIpc) is 2.95. The Hall–Kier alpha value is -4.46. The predicted molar refractivity (Wildman–Crippen MR) is 147 cm³/mol. The zero-order valence-corrected chi connectivity index (χ0v) is 21.4. The summed E-state index contributed by atoms with van der Waals surface area (Å²) in [7, 11) is -4.37. The maximum Gasteiger partial charge on any atom is 0.343 e. The number of ether oxygens (including phenoxy) is 1. The first kappa shape index (κ1) is 25.2. The SMILES string of the molecule is O=C(Oc1ccc(N(C(=O)c2ccccc2)S(=O)(=O)c2ccc(Cl)cc2)c2ccccc12)c1ccccc1. The lowest BCUT2D eigenvalue weighted by molar-refractivity contribution is 0.0736. The molecule has 0 fully saturated rings. The Morgan fingerprint density at radius 1 is 0.632 bits per heavy atom. The van der Waals surface area contributed by atoms with Gasteiger partial charge in [0, 0.05) is 21.4 Å². The van der Waals surface area contributed by atoms with E-state index in [2.05, 4.69) is 0 Å². The van der Waals surface area contributed by atoms with Crippen molar-refractivity contribution in [2.24, 2.45) is 0 Å². The van der Waals surface area contributed by atoms with Crippen LogP contribution in [0.2, 0.25) is 5.02 Å². The van der Waals surface area contributed by atoms with Gasteiger partial charge in [-0.25, -0.2) is 13.2 Å². The molecule has 188 valence electrons. The third-order valence-electron chi connectivity index (χ3n) is 5.85. The normalized spacial score (nSPS) is 11.2. The number of rotatable bonds is 6. The minimum Gasteiger partial charge on any atom is -0.422 e. The number of hydrogen-bond acceptors (Lipinski definition) is 5. The van der Waals surface area contributed by atoms with E-state index in [0.717, 1.165) is 4.31 Å². The molecule has 0 aromatic heterocycles. The number of hydrogen-bond donors (Lipinski definition) is 0. The van der Waals surface area contributed by atoms with Crippen LogP contribution in [0.1, 0.15) is 20.7 Å². The topological polar surface area (TPSA) is 80.8 Å². The third kappa shape index (κ3) is 4.89. The molecule has 0 saturated heterocycles. The first-order chi connectivity index (χ1) is 18.4. The summed E-state index contributed by atoms with van der Waals surface area (Å²) in [6.45, 7) is 0. The van der Waals surface area contributed by atoms with Crippen LogP contribution >= 0.6 is 11.6 Å². The Morgan fingerprint density at radius 3 is 1.82 bits per heavy atom. The lowest BCUT2D eigenvalue weighted by Crippen LogP contribution is -2.37. The zero-order valence-electron chi connectivity index (χ0n) is 19.8. The first-order valence-electron chi connectivity index (χ1n) is 11.6. The van der Waals surface area contributed by atoms with Gasteiger partial charge in [0.2, 0.25) is 0 Å². The number of carbonyl (C=O) groups excluding carboxylic acids is 2. The standard InChI is InChI=1S/C30H20ClNO5S/c31-23-15-17-24(18-16-23)38(35,36)32(29(33)21-9-3-1-4-10-21)27-19-20-28(26-14-8-7-13-25(26)27)37-30(34)22-11-5-2-6-12-22/h1-20H. The molecular formula is C30H20ClNO5S. The van der Waals surface area contributed by atoms with Gasteiger partial charge in [-0.2, -0.15) is 4.31 Å². The van der Waals surface area contributed by atoms with Crippen molar-refractivity contribution in [1.82, 2.24) is 0 Å². The molecule has 0 bridgehead atoms. The molecule has 0 atom stereocenters. The van der Waals surface area contributed by atoms with Crippen LogP contribution in [-0.4, -0.2) is 20.3 Å². The van der Waals surface area contributed by atoms with Crippen molar-refractivity contribution in [2.45, 2.75) is 4.90 Å². The van der Waals surface area contributed by atoms with Crippen molar-refractivity contribution >= 4 is 50.0 Å². The molecule has 5 aromatic carbocycles. The van der Waals surface area contributed by atoms with Crippen LogP contribution < -0.4 is 9.04 Å². The number of sulfonamides is 1. The molecule has 5 rings (SSSR count). The monoisotopic (exact) mass is 541 g/mol. The summed E-state index contributed by atoms with van der Waals surface area (Å²) in [5.74, 6) is -1.07. The van der Waals surface area contributed by atoms with Gasteiger partial charge in [0.15, 0.2) is 0 Å². The Kier molecular flexibility index (Phi) is 6.96. The maximum absolute atomic E-state index is 13.9. The lowest BCUT2D eigenvalue weighted by atomic mass is 10.1. The van der Waals surface area contributed by atoms with Crippen LogP contribution in [0.3, 0.4) is 0 Å². The van der Waals surface area contributed by atoms with Gasteiger partial charge in [0.25, 0.3) is 15.9 Å². The quantitative estimate of drug-likeness (QED) is 0.175. The van der Waals surface area contributed by atoms with E-state index in [0.29, 0.717) is 21.4 Å². The second kappa shape index (κ2) is 10.5. The highest BCUT2D eigenvalue weighted by Gasteiger charge is 2.33. The summed E-state index contributed by atoms with van der Waals surface area (Å²) in [4.78, 5) is 26.4. The Morgan fingerprint density at radius 2 is 1.18 bits per heavy atom. The Bertz CT molecular complexity index is 1740. The summed E-state index contributed by atoms with van der Waals surface area (Å²) in [6, 6.07) is 32.0. The van der Waals surface area contributed by atoms with Gasteiger partial charge in [-0.05, 0) is 60.7 Å². The summed E-state index contributed by atoms with van der Waals surface area (Å²) in [5, 5.41) is 1.24. The molecule has 0 N–H and O–H groups in total. The molecule has 5 aromatic rings. The number of fused-ring (bicyclic) bond motifs is 1. The molecule has 8 heteroatoms. The molecule has 0 unspecified atom stereocenters. The molecule has 6 nitrogen and oxygen atoms in total. The van der Waals surface area contributed by atoms with E-state index in [4.69, 9.17) is 16.3 Å². The van der Waals surface area contributed by atoms with Gasteiger partial charge in [0.05, 0.1) is 16.1 Å². The van der Waals surface area contributed by atoms with Crippen molar-refractivity contribution < 1.29 is 22.7 Å². The van der Waals surface area contributed by atoms with Gasteiger partial charge in [-0.1, -0.05) is 72.3 Å². The molecule has 0 aliphatic heterocycles. The van der Waals surface area contributed by atoms with Gasteiger partial charge in [-0.3, -0.25) is 4.79 Å². The molecular weight excluding hydrogens is 522 g/mol. The molecule has 0 saturated carbocycles. The molecule has 0 aliphatic rings. The fourth-order valence-corrected chi connectivity index (χ4v) is 5.57. The minimum atomic E-state index is -4.37. The van der Waals surface area contributed by atoms with E-state index in [1.807, 2.05) is 0 Å². The van der Waals surface area contributed by atoms with Crippen molar-refractivity contribution in [2.75, 3.05) is 4.31 Å². The summed E-state index contributed by atoms with van der Waals surface area (Å²) >= 11 is 5.98. The highest BCUT2D eigenvalue weighted by molar-refractivity contribution is 7.93. The number of amides is 1. The van der Waals surface area contributed by atoms with E-state index < -0.39 is 21.9 Å². The fraction of sp³-hybridized carbons (Fsp3) is 0. The minimum absolute atomic E-state index is 0.102. The number of halogens is 1. The smallest absolute Gasteiger partial charge is 0.343 e. The molecule has 38 heavy (non-hydrogen) atoms. The summed E-state index contributed by atoms with van der Waals surface area (Å²) < 4.78 is 34.3. The first-order valence-corrected chi connectivity index (χ1v) is 13.4. The maximum atomic E-state index is 13.9. The molecule has 0 spiro atoms. The molecule has 0 radical (unpaired) electrons. The second-order valence-electron chi connectivity index (χ2n) is 8.28. The number of benzene rings is 5. The highest BCUT2D eigenvalue weighted by atomic mass is 35.5. The zero-order chi connectivity index (χ0) is 26.7. The molecule has 0 heterocycles. The van der Waals surface area contributed by atoms with Crippen LogP contribution in [0.25, 0.3) is 10.8 Å². The van der Waals surface area contributed by atoms with Gasteiger partial charge in [0.1, 0.15) is 5.75 Å². The van der Waals surface area contributed by atoms with Crippen LogP contribution in [-0.2, 0) is 10.0 Å². The van der Waals surface area contributed by atoms with Crippen molar-refractivity contribution in [3.05, 3.63) is 137 Å². The van der Waals surface area contributed by atoms with Crippen molar-refractivity contribution in [3.63, 3.8) is 0 Å². The molecule has 0 aliphatic carbocycles. The Balaban J connectivity index is 1.67. The highest BCUT2D eigenvalue weighted by Crippen LogP contribution is 2.37. The van der Waals surface area contributed by atoms with Crippen LogP contribution in [0, 0.1) is 0 Å². The third-order valence-corrected chi connectivity index (χ3v) is 7.81. The number of esters is 1. The fourth-order valence-electron chi connectivity index (χ4n) is 4.01. The van der Waals surface area contributed by atoms with Gasteiger partial charge < -0.3 is 4.74 Å². The van der Waals surface area contributed by atoms with Gasteiger partial charge >= 0.3 is 5.97 Å². The van der Waals surface area contributed by atoms with E-state index in [9.17, 15) is 18.0 Å². The average molecular weight is 542 g/mol. The van der Waals surface area contributed by atoms with Crippen LogP contribution in [0.15, 0.2) is 126 Å². The van der Waals surface area contributed by atoms with E-state index in [1.165, 1.54) is 36.4 Å². The van der Waals surface area contributed by atoms with Gasteiger partial charge in [-0.15, -0.1) is 0 Å². The predicted octanol–water partition coefficient (Wildman–Crippen LogP) is 6.75. The number of anilines is 1. The van der Waals surface area contributed by atoms with E-state index in [1.54, 1.807) is 84.9 Å².